The van der Waals surface area contributed by atoms with E-state index < -0.39 is 18.6 Å². The first-order chi connectivity index (χ1) is 8.90. The van der Waals surface area contributed by atoms with Crippen LogP contribution < -0.4 is 5.73 Å². The summed E-state index contributed by atoms with van der Waals surface area (Å²) >= 11 is 0. The van der Waals surface area contributed by atoms with Crippen LogP contribution in [0.25, 0.3) is 0 Å². The van der Waals surface area contributed by atoms with Crippen molar-refractivity contribution in [2.24, 2.45) is 5.73 Å². The molecular weight excluding hydrogens is 259 g/mol. The Morgan fingerprint density at radius 3 is 2.53 bits per heavy atom. The lowest BCUT2D eigenvalue weighted by Crippen LogP contribution is -2.40. The number of carbonyl (C=O) groups is 1. The standard InChI is InChI=1S/C12H14F3N3O/c13-12(14,15)7-18(9-2-3-9)11(19)10-4-1-8(5-16)6-17-10/h1,4,6,9H,2-3,5,7,16H2. The molecule has 1 saturated carbocycles. The third-order valence-corrected chi connectivity index (χ3v) is 2.88. The van der Waals surface area contributed by atoms with Gasteiger partial charge >= 0.3 is 6.18 Å². The molecule has 0 spiro atoms. The molecule has 4 nitrogen and oxygen atoms in total. The number of rotatable bonds is 4. The van der Waals surface area contributed by atoms with Crippen molar-refractivity contribution in [3.8, 4) is 0 Å². The van der Waals surface area contributed by atoms with Gasteiger partial charge in [0.2, 0.25) is 0 Å². The molecule has 1 aromatic heterocycles. The van der Waals surface area contributed by atoms with Crippen molar-refractivity contribution in [1.29, 1.82) is 0 Å². The van der Waals surface area contributed by atoms with E-state index in [1.54, 1.807) is 6.07 Å². The molecule has 1 aromatic rings. The Morgan fingerprint density at radius 2 is 2.11 bits per heavy atom. The maximum Gasteiger partial charge on any atom is 0.406 e. The van der Waals surface area contributed by atoms with Crippen LogP contribution in [0.3, 0.4) is 0 Å². The van der Waals surface area contributed by atoms with E-state index in [0.717, 1.165) is 10.5 Å². The summed E-state index contributed by atoms with van der Waals surface area (Å²) in [4.78, 5) is 16.8. The van der Waals surface area contributed by atoms with E-state index in [9.17, 15) is 18.0 Å². The summed E-state index contributed by atoms with van der Waals surface area (Å²) in [6.07, 6.45) is -1.76. The molecule has 0 bridgehead atoms. The molecule has 1 heterocycles. The molecule has 2 N–H and O–H groups in total. The summed E-state index contributed by atoms with van der Waals surface area (Å²) < 4.78 is 37.4. The number of hydrogen-bond donors (Lipinski definition) is 1. The normalized spacial score (nSPS) is 15.4. The van der Waals surface area contributed by atoms with Crippen LogP contribution in [-0.2, 0) is 6.54 Å². The molecule has 0 unspecified atom stereocenters. The SMILES string of the molecule is NCc1ccc(C(=O)N(CC(F)(F)F)C2CC2)nc1. The van der Waals surface area contributed by atoms with Crippen molar-refractivity contribution in [2.75, 3.05) is 6.54 Å². The van der Waals surface area contributed by atoms with E-state index in [0.29, 0.717) is 12.8 Å². The molecule has 0 atom stereocenters. The second kappa shape index (κ2) is 5.16. The van der Waals surface area contributed by atoms with Crippen LogP contribution in [0.15, 0.2) is 18.3 Å². The quantitative estimate of drug-likeness (QED) is 0.908. The predicted octanol–water partition coefficient (Wildman–Crippen LogP) is 1.71. The van der Waals surface area contributed by atoms with Crippen LogP contribution in [-0.4, -0.2) is 34.6 Å². The zero-order chi connectivity index (χ0) is 14.0. The van der Waals surface area contributed by atoms with Crippen molar-refractivity contribution in [1.82, 2.24) is 9.88 Å². The molecule has 19 heavy (non-hydrogen) atoms. The van der Waals surface area contributed by atoms with Gasteiger partial charge in [-0.2, -0.15) is 13.2 Å². The molecule has 7 heteroatoms. The Morgan fingerprint density at radius 1 is 1.42 bits per heavy atom. The van der Waals surface area contributed by atoms with Gasteiger partial charge in [0.15, 0.2) is 0 Å². The predicted molar refractivity (Wildman–Crippen MR) is 62.2 cm³/mol. The highest BCUT2D eigenvalue weighted by atomic mass is 19.4. The highest BCUT2D eigenvalue weighted by Crippen LogP contribution is 2.31. The van der Waals surface area contributed by atoms with Crippen LogP contribution in [0.2, 0.25) is 0 Å². The summed E-state index contributed by atoms with van der Waals surface area (Å²) in [5.41, 5.74) is 6.14. The second-order valence-corrected chi connectivity index (χ2v) is 4.54. The van der Waals surface area contributed by atoms with Gasteiger partial charge in [0.05, 0.1) is 0 Å². The van der Waals surface area contributed by atoms with E-state index in [-0.39, 0.29) is 18.3 Å². The number of alkyl halides is 3. The number of halogens is 3. The van der Waals surface area contributed by atoms with Crippen molar-refractivity contribution in [3.63, 3.8) is 0 Å². The number of carbonyl (C=O) groups excluding carboxylic acids is 1. The maximum atomic E-state index is 12.5. The minimum Gasteiger partial charge on any atom is -0.326 e. The fraction of sp³-hybridized carbons (Fsp3) is 0.500. The lowest BCUT2D eigenvalue weighted by Gasteiger charge is -2.23. The number of nitrogens with zero attached hydrogens (tertiary/aromatic N) is 2. The summed E-state index contributed by atoms with van der Waals surface area (Å²) in [6, 6.07) is 2.69. The van der Waals surface area contributed by atoms with Gasteiger partial charge in [-0.1, -0.05) is 6.07 Å². The van der Waals surface area contributed by atoms with E-state index in [4.69, 9.17) is 5.73 Å². The Bertz CT molecular complexity index is 454. The Balaban J connectivity index is 2.14. The average molecular weight is 273 g/mol. The highest BCUT2D eigenvalue weighted by molar-refractivity contribution is 5.92. The molecule has 0 aliphatic heterocycles. The number of amides is 1. The molecule has 1 aliphatic carbocycles. The molecule has 0 aromatic carbocycles. The zero-order valence-electron chi connectivity index (χ0n) is 10.2. The van der Waals surface area contributed by atoms with Crippen LogP contribution in [0.4, 0.5) is 13.2 Å². The third-order valence-electron chi connectivity index (χ3n) is 2.88. The van der Waals surface area contributed by atoms with E-state index in [2.05, 4.69) is 4.98 Å². The van der Waals surface area contributed by atoms with Gasteiger partial charge in [0.1, 0.15) is 12.2 Å². The van der Waals surface area contributed by atoms with Crippen LogP contribution in [0.5, 0.6) is 0 Å². The van der Waals surface area contributed by atoms with Gasteiger partial charge in [0.25, 0.3) is 5.91 Å². The number of aromatic nitrogens is 1. The largest absolute Gasteiger partial charge is 0.406 e. The lowest BCUT2D eigenvalue weighted by molar-refractivity contribution is -0.141. The highest BCUT2D eigenvalue weighted by Gasteiger charge is 2.41. The van der Waals surface area contributed by atoms with Gasteiger partial charge in [-0.05, 0) is 24.5 Å². The molecule has 1 amide bonds. The average Bonchev–Trinajstić information content (AvgIpc) is 3.18. The molecule has 2 rings (SSSR count). The van der Waals surface area contributed by atoms with E-state index >= 15 is 0 Å². The van der Waals surface area contributed by atoms with Gasteiger partial charge in [-0.25, -0.2) is 0 Å². The van der Waals surface area contributed by atoms with Crippen LogP contribution in [0, 0.1) is 0 Å². The maximum absolute atomic E-state index is 12.5. The summed E-state index contributed by atoms with van der Waals surface area (Å²) in [6.45, 7) is -0.951. The van der Waals surface area contributed by atoms with Crippen molar-refractivity contribution >= 4 is 5.91 Å². The fourth-order valence-corrected chi connectivity index (χ4v) is 1.76. The fourth-order valence-electron chi connectivity index (χ4n) is 1.76. The third kappa shape index (κ3) is 3.66. The molecule has 0 saturated heterocycles. The van der Waals surface area contributed by atoms with E-state index in [1.165, 1.54) is 12.3 Å². The first-order valence-corrected chi connectivity index (χ1v) is 5.93. The first-order valence-electron chi connectivity index (χ1n) is 5.93. The minimum atomic E-state index is -4.39. The lowest BCUT2D eigenvalue weighted by atomic mass is 10.2. The molecular formula is C12H14F3N3O. The molecule has 1 fully saturated rings. The Hall–Kier alpha value is -1.63. The van der Waals surface area contributed by atoms with Crippen molar-refractivity contribution < 1.29 is 18.0 Å². The zero-order valence-corrected chi connectivity index (χ0v) is 10.2. The molecule has 0 radical (unpaired) electrons. The minimum absolute atomic E-state index is 0.0216. The van der Waals surface area contributed by atoms with Gasteiger partial charge in [-0.15, -0.1) is 0 Å². The van der Waals surface area contributed by atoms with E-state index in [1.807, 2.05) is 0 Å². The number of pyridine rings is 1. The second-order valence-electron chi connectivity index (χ2n) is 4.54. The molecule has 104 valence electrons. The Labute approximate surface area is 108 Å². The number of hydrogen-bond acceptors (Lipinski definition) is 3. The van der Waals surface area contributed by atoms with Gasteiger partial charge in [-0.3, -0.25) is 9.78 Å². The van der Waals surface area contributed by atoms with Crippen LogP contribution >= 0.6 is 0 Å². The summed E-state index contributed by atoms with van der Waals surface area (Å²) in [5, 5.41) is 0. The first kappa shape index (κ1) is 13.8. The smallest absolute Gasteiger partial charge is 0.326 e. The Kier molecular flexibility index (Phi) is 3.75. The topological polar surface area (TPSA) is 59.2 Å². The van der Waals surface area contributed by atoms with Crippen molar-refractivity contribution in [3.05, 3.63) is 29.6 Å². The monoisotopic (exact) mass is 273 g/mol. The van der Waals surface area contributed by atoms with Crippen LogP contribution in [0.1, 0.15) is 28.9 Å². The van der Waals surface area contributed by atoms with Gasteiger partial charge in [0, 0.05) is 18.8 Å². The van der Waals surface area contributed by atoms with Gasteiger partial charge < -0.3 is 10.6 Å². The summed E-state index contributed by atoms with van der Waals surface area (Å²) in [7, 11) is 0. The number of nitrogens with two attached hydrogens (primary N) is 1. The van der Waals surface area contributed by atoms with Crippen molar-refractivity contribution in [2.45, 2.75) is 31.6 Å². The summed E-state index contributed by atoms with van der Waals surface area (Å²) in [5.74, 6) is -0.677. The molecule has 1 aliphatic rings.